The fraction of sp³-hybridized carbons (Fsp3) is 0.472. The third-order valence-corrected chi connectivity index (χ3v) is 10.0. The second-order valence-electron chi connectivity index (χ2n) is 14.2. The quantitative estimate of drug-likeness (QED) is 0.309. The van der Waals surface area contributed by atoms with Crippen LogP contribution in [0.4, 0.5) is 5.69 Å². The number of carbonyl (C=O) groups is 3. The number of aryl methyl sites for hydroxylation is 2. The fourth-order valence-electron chi connectivity index (χ4n) is 6.95. The lowest BCUT2D eigenvalue weighted by Gasteiger charge is -2.49. The van der Waals surface area contributed by atoms with Crippen LogP contribution in [0.5, 0.6) is 5.75 Å². The zero-order valence-electron chi connectivity index (χ0n) is 26.7. The van der Waals surface area contributed by atoms with Crippen molar-refractivity contribution in [2.75, 3.05) is 18.5 Å². The molecule has 2 aromatic carbocycles. The van der Waals surface area contributed by atoms with Crippen LogP contribution in [-0.2, 0) is 14.4 Å². The van der Waals surface area contributed by atoms with Gasteiger partial charge in [0.2, 0.25) is 0 Å². The first-order valence-corrected chi connectivity index (χ1v) is 17.0. The Labute approximate surface area is 277 Å². The zero-order valence-corrected chi connectivity index (χ0v) is 29.9. The number of nitrogens with one attached hydrogen (secondary N) is 1. The zero-order chi connectivity index (χ0) is 32.1. The molecule has 0 unspecified atom stereocenters. The molecule has 0 atom stereocenters. The maximum Gasteiger partial charge on any atom is 0.262 e. The van der Waals surface area contributed by atoms with E-state index in [0.29, 0.717) is 27.5 Å². The molecule has 0 spiro atoms. The topological polar surface area (TPSA) is 75.7 Å². The molecule has 1 amide bonds. The SMILES string of the molecule is CCCN1C2=C(C(=O)CC(C)(C)C2)C(c2cc(Br)c(OCC(=O)Nc3cc(C)ccc3C)c(Br)c2)C2=C1CC(C)(C)CC2=O. The lowest BCUT2D eigenvalue weighted by molar-refractivity contribution is -0.120. The van der Waals surface area contributed by atoms with E-state index in [-0.39, 0.29) is 34.9 Å². The summed E-state index contributed by atoms with van der Waals surface area (Å²) >= 11 is 7.37. The number of anilines is 1. The summed E-state index contributed by atoms with van der Waals surface area (Å²) in [6.45, 7) is 15.3. The highest BCUT2D eigenvalue weighted by atomic mass is 79.9. The Morgan fingerprint density at radius 3 is 1.98 bits per heavy atom. The van der Waals surface area contributed by atoms with Crippen molar-refractivity contribution in [2.45, 2.75) is 86.5 Å². The van der Waals surface area contributed by atoms with E-state index < -0.39 is 5.92 Å². The number of ether oxygens (including phenoxy) is 1. The van der Waals surface area contributed by atoms with E-state index in [4.69, 9.17) is 4.74 Å². The van der Waals surface area contributed by atoms with E-state index in [2.05, 4.69) is 76.7 Å². The van der Waals surface area contributed by atoms with Crippen LogP contribution in [-0.4, -0.2) is 35.5 Å². The predicted octanol–water partition coefficient (Wildman–Crippen LogP) is 8.94. The van der Waals surface area contributed by atoms with Crippen LogP contribution in [0.25, 0.3) is 0 Å². The largest absolute Gasteiger partial charge is 0.481 e. The highest BCUT2D eigenvalue weighted by Crippen LogP contribution is 2.55. The number of halogens is 2. The van der Waals surface area contributed by atoms with Gasteiger partial charge >= 0.3 is 0 Å². The maximum atomic E-state index is 14.0. The number of amides is 1. The van der Waals surface area contributed by atoms with Gasteiger partial charge in [0.15, 0.2) is 18.2 Å². The molecule has 1 N–H and O–H groups in total. The van der Waals surface area contributed by atoms with Gasteiger partial charge in [0.05, 0.1) is 8.95 Å². The van der Waals surface area contributed by atoms with E-state index in [1.54, 1.807) is 0 Å². The Morgan fingerprint density at radius 2 is 1.45 bits per heavy atom. The first-order chi connectivity index (χ1) is 20.6. The molecule has 0 aromatic heterocycles. The van der Waals surface area contributed by atoms with Gasteiger partial charge in [-0.3, -0.25) is 14.4 Å². The van der Waals surface area contributed by atoms with Crippen LogP contribution in [0.1, 0.15) is 89.3 Å². The first kappa shape index (κ1) is 32.7. The Hall–Kier alpha value is -2.71. The monoisotopic (exact) mass is 724 g/mol. The van der Waals surface area contributed by atoms with Crippen molar-refractivity contribution in [3.8, 4) is 5.75 Å². The Balaban J connectivity index is 1.53. The van der Waals surface area contributed by atoms with Crippen molar-refractivity contribution in [1.29, 1.82) is 0 Å². The molecule has 3 aliphatic rings. The number of rotatable bonds is 7. The fourth-order valence-corrected chi connectivity index (χ4v) is 8.40. The second-order valence-corrected chi connectivity index (χ2v) is 15.9. The molecule has 44 heavy (non-hydrogen) atoms. The van der Waals surface area contributed by atoms with Gasteiger partial charge in [0.25, 0.3) is 5.91 Å². The highest BCUT2D eigenvalue weighted by Gasteiger charge is 2.49. The minimum Gasteiger partial charge on any atom is -0.481 e. The highest BCUT2D eigenvalue weighted by molar-refractivity contribution is 9.11. The van der Waals surface area contributed by atoms with Gasteiger partial charge in [0, 0.05) is 53.5 Å². The van der Waals surface area contributed by atoms with E-state index >= 15 is 0 Å². The lowest BCUT2D eigenvalue weighted by atomic mass is 9.63. The molecule has 0 bridgehead atoms. The van der Waals surface area contributed by atoms with Gasteiger partial charge in [-0.25, -0.2) is 0 Å². The van der Waals surface area contributed by atoms with E-state index in [1.165, 1.54) is 0 Å². The molecule has 0 saturated carbocycles. The smallest absolute Gasteiger partial charge is 0.262 e. The number of nitrogens with zero attached hydrogens (tertiary/aromatic N) is 1. The van der Waals surface area contributed by atoms with Crippen LogP contribution < -0.4 is 10.1 Å². The molecular formula is C36H42Br2N2O4. The third kappa shape index (κ3) is 6.48. The summed E-state index contributed by atoms with van der Waals surface area (Å²) < 4.78 is 7.30. The van der Waals surface area contributed by atoms with Crippen molar-refractivity contribution in [1.82, 2.24) is 4.90 Å². The summed E-state index contributed by atoms with van der Waals surface area (Å²) in [5, 5.41) is 2.94. The minimum atomic E-state index is -0.449. The molecular weight excluding hydrogens is 684 g/mol. The molecule has 5 rings (SSSR count). The Kier molecular flexibility index (Phi) is 9.09. The average Bonchev–Trinajstić information content (AvgIpc) is 2.89. The summed E-state index contributed by atoms with van der Waals surface area (Å²) in [6, 6.07) is 9.80. The minimum absolute atomic E-state index is 0.113. The summed E-state index contributed by atoms with van der Waals surface area (Å²) in [4.78, 5) is 43.1. The second kappa shape index (κ2) is 12.2. The molecule has 0 radical (unpaired) electrons. The maximum absolute atomic E-state index is 14.0. The van der Waals surface area contributed by atoms with E-state index in [1.807, 2.05) is 44.2 Å². The van der Waals surface area contributed by atoms with E-state index in [9.17, 15) is 14.4 Å². The van der Waals surface area contributed by atoms with Crippen molar-refractivity contribution in [2.24, 2.45) is 10.8 Å². The summed E-state index contributed by atoms with van der Waals surface area (Å²) in [5.41, 5.74) is 6.98. The summed E-state index contributed by atoms with van der Waals surface area (Å²) in [7, 11) is 0. The Bertz CT molecular complexity index is 1540. The lowest BCUT2D eigenvalue weighted by Crippen LogP contribution is -2.44. The molecule has 0 saturated heterocycles. The van der Waals surface area contributed by atoms with Gasteiger partial charge in [-0.1, -0.05) is 46.8 Å². The number of hydrogen-bond acceptors (Lipinski definition) is 5. The van der Waals surface area contributed by atoms with Gasteiger partial charge in [-0.15, -0.1) is 0 Å². The molecule has 6 nitrogen and oxygen atoms in total. The normalized spacial score (nSPS) is 19.6. The van der Waals surface area contributed by atoms with Crippen molar-refractivity contribution >= 4 is 55.0 Å². The number of Topliss-reactive ketones (excluding diaryl/α,β-unsaturated/α-hetero) is 2. The molecule has 234 valence electrons. The van der Waals surface area contributed by atoms with Crippen molar-refractivity contribution in [3.63, 3.8) is 0 Å². The molecule has 2 aromatic rings. The molecule has 2 aliphatic carbocycles. The number of hydrogen-bond donors (Lipinski definition) is 1. The van der Waals surface area contributed by atoms with Crippen LogP contribution >= 0.6 is 31.9 Å². The number of ketones is 2. The van der Waals surface area contributed by atoms with Crippen LogP contribution in [0.3, 0.4) is 0 Å². The van der Waals surface area contributed by atoms with Crippen LogP contribution in [0.2, 0.25) is 0 Å². The molecule has 8 heteroatoms. The third-order valence-electron chi connectivity index (χ3n) is 8.84. The number of carbonyl (C=O) groups excluding carboxylic acids is 3. The number of benzene rings is 2. The summed E-state index contributed by atoms with van der Waals surface area (Å²) in [5.74, 6) is 0.00296. The predicted molar refractivity (Wildman–Crippen MR) is 182 cm³/mol. The standard InChI is InChI=1S/C36H42Br2N2O4/c1-8-11-40-26-15-35(4,5)17-28(41)32(26)31(33-27(40)16-36(6,7)18-29(33)42)22-13-23(37)34(24(38)14-22)44-19-30(43)39-25-12-20(2)9-10-21(25)3/h9-10,12-14,31H,8,11,15-19H2,1-7H3,(H,39,43). The van der Waals surface area contributed by atoms with Gasteiger partial charge < -0.3 is 15.0 Å². The van der Waals surface area contributed by atoms with Gasteiger partial charge in [-0.2, -0.15) is 0 Å². The van der Waals surface area contributed by atoms with Crippen LogP contribution in [0, 0.1) is 24.7 Å². The van der Waals surface area contributed by atoms with Crippen molar-refractivity contribution in [3.05, 3.63) is 78.5 Å². The van der Waals surface area contributed by atoms with Gasteiger partial charge in [0.1, 0.15) is 5.75 Å². The first-order valence-electron chi connectivity index (χ1n) is 15.4. The van der Waals surface area contributed by atoms with Crippen molar-refractivity contribution < 1.29 is 19.1 Å². The van der Waals surface area contributed by atoms with Crippen LogP contribution in [0.15, 0.2) is 61.8 Å². The summed E-state index contributed by atoms with van der Waals surface area (Å²) in [6.07, 6.45) is 3.39. The Morgan fingerprint density at radius 1 is 0.909 bits per heavy atom. The average molecular weight is 727 g/mol. The van der Waals surface area contributed by atoms with E-state index in [0.717, 1.165) is 70.7 Å². The molecule has 1 aliphatic heterocycles. The van der Waals surface area contributed by atoms with Gasteiger partial charge in [-0.05, 0) is 111 Å². The molecule has 1 heterocycles. The molecule has 0 fully saturated rings. The number of allylic oxidation sites excluding steroid dienone is 4.